The molecule has 2 heteroatoms. The van der Waals surface area contributed by atoms with Crippen molar-refractivity contribution in [1.29, 1.82) is 0 Å². The Morgan fingerprint density at radius 2 is 2.12 bits per heavy atom. The van der Waals surface area contributed by atoms with E-state index in [1.165, 1.54) is 0 Å². The molecule has 0 aliphatic heterocycles. The van der Waals surface area contributed by atoms with Crippen LogP contribution in [0.3, 0.4) is 0 Å². The van der Waals surface area contributed by atoms with Crippen molar-refractivity contribution in [2.45, 2.75) is 26.7 Å². The fourth-order valence-corrected chi connectivity index (χ4v) is 1.91. The number of fused-ring (bicyclic) bond motifs is 1. The van der Waals surface area contributed by atoms with Crippen LogP contribution in [0.2, 0.25) is 0 Å². The summed E-state index contributed by atoms with van der Waals surface area (Å²) in [6, 6.07) is 7.78. The maximum absolute atomic E-state index is 12.1. The number of pyridine rings is 1. The molecule has 1 aromatic heterocycles. The SMILES string of the molecule is CC(C)CCC(=O)c1cccc2ccncc12. The van der Waals surface area contributed by atoms with Gasteiger partial charge in [-0.25, -0.2) is 0 Å². The highest BCUT2D eigenvalue weighted by molar-refractivity contribution is 6.07. The first-order valence-electron chi connectivity index (χ1n) is 6.04. The highest BCUT2D eigenvalue weighted by atomic mass is 16.1. The Balaban J connectivity index is 2.32. The second-order valence-corrected chi connectivity index (χ2v) is 4.76. The van der Waals surface area contributed by atoms with Crippen molar-refractivity contribution in [3.05, 3.63) is 42.2 Å². The summed E-state index contributed by atoms with van der Waals surface area (Å²) in [5.74, 6) is 0.782. The van der Waals surface area contributed by atoms with E-state index in [4.69, 9.17) is 0 Å². The fourth-order valence-electron chi connectivity index (χ4n) is 1.91. The Hall–Kier alpha value is -1.70. The number of benzene rings is 1. The molecule has 0 radical (unpaired) electrons. The van der Waals surface area contributed by atoms with E-state index in [9.17, 15) is 4.79 Å². The Kier molecular flexibility index (Phi) is 3.52. The monoisotopic (exact) mass is 227 g/mol. The van der Waals surface area contributed by atoms with Crippen LogP contribution in [-0.4, -0.2) is 10.8 Å². The van der Waals surface area contributed by atoms with E-state index < -0.39 is 0 Å². The second kappa shape index (κ2) is 5.09. The summed E-state index contributed by atoms with van der Waals surface area (Å²) < 4.78 is 0. The Bertz CT molecular complexity index is 526. The highest BCUT2D eigenvalue weighted by Gasteiger charge is 2.10. The quantitative estimate of drug-likeness (QED) is 0.742. The highest BCUT2D eigenvalue weighted by Crippen LogP contribution is 2.20. The molecule has 2 nitrogen and oxygen atoms in total. The van der Waals surface area contributed by atoms with E-state index in [0.717, 1.165) is 22.8 Å². The van der Waals surface area contributed by atoms with Gasteiger partial charge in [-0.1, -0.05) is 32.0 Å². The van der Waals surface area contributed by atoms with Crippen LogP contribution in [0.1, 0.15) is 37.0 Å². The van der Waals surface area contributed by atoms with E-state index >= 15 is 0 Å². The first-order chi connectivity index (χ1) is 8.18. The molecule has 1 heterocycles. The predicted octanol–water partition coefficient (Wildman–Crippen LogP) is 3.85. The summed E-state index contributed by atoms with van der Waals surface area (Å²) >= 11 is 0. The van der Waals surface area contributed by atoms with Crippen LogP contribution in [0.25, 0.3) is 10.8 Å². The molecule has 0 saturated heterocycles. The van der Waals surface area contributed by atoms with Gasteiger partial charge in [0.15, 0.2) is 5.78 Å². The minimum absolute atomic E-state index is 0.220. The number of rotatable bonds is 4. The molecule has 0 aliphatic carbocycles. The van der Waals surface area contributed by atoms with E-state index in [1.54, 1.807) is 12.4 Å². The first-order valence-corrected chi connectivity index (χ1v) is 6.04. The van der Waals surface area contributed by atoms with Gasteiger partial charge in [0.1, 0.15) is 0 Å². The molecule has 0 spiro atoms. The van der Waals surface area contributed by atoms with E-state index in [-0.39, 0.29) is 5.78 Å². The molecule has 0 N–H and O–H groups in total. The van der Waals surface area contributed by atoms with Crippen molar-refractivity contribution < 1.29 is 4.79 Å². The standard InChI is InChI=1S/C15H17NO/c1-11(2)6-7-15(17)13-5-3-4-12-8-9-16-10-14(12)13/h3-5,8-11H,6-7H2,1-2H3. The van der Waals surface area contributed by atoms with Gasteiger partial charge in [0.2, 0.25) is 0 Å². The number of carbonyl (C=O) groups is 1. The van der Waals surface area contributed by atoms with Crippen molar-refractivity contribution in [2.75, 3.05) is 0 Å². The first kappa shape index (κ1) is 11.8. The van der Waals surface area contributed by atoms with E-state index in [0.29, 0.717) is 12.3 Å². The largest absolute Gasteiger partial charge is 0.294 e. The van der Waals surface area contributed by atoms with Gasteiger partial charge in [-0.3, -0.25) is 9.78 Å². The van der Waals surface area contributed by atoms with Crippen molar-refractivity contribution >= 4 is 16.6 Å². The van der Waals surface area contributed by atoms with Crippen molar-refractivity contribution in [1.82, 2.24) is 4.98 Å². The lowest BCUT2D eigenvalue weighted by molar-refractivity contribution is 0.0977. The number of nitrogens with zero attached hydrogens (tertiary/aromatic N) is 1. The van der Waals surface area contributed by atoms with Gasteiger partial charge >= 0.3 is 0 Å². The van der Waals surface area contributed by atoms with Gasteiger partial charge in [-0.15, -0.1) is 0 Å². The summed E-state index contributed by atoms with van der Waals surface area (Å²) in [5, 5.41) is 2.04. The van der Waals surface area contributed by atoms with Gasteiger partial charge in [-0.05, 0) is 23.8 Å². The van der Waals surface area contributed by atoms with Crippen LogP contribution in [0.5, 0.6) is 0 Å². The Morgan fingerprint density at radius 1 is 1.29 bits per heavy atom. The number of Topliss-reactive ketones (excluding diaryl/α,β-unsaturated/α-hetero) is 1. The van der Waals surface area contributed by atoms with Gasteiger partial charge < -0.3 is 0 Å². The molecule has 1 aromatic carbocycles. The normalized spacial score (nSPS) is 11.0. The van der Waals surface area contributed by atoms with Crippen LogP contribution in [0.4, 0.5) is 0 Å². The zero-order chi connectivity index (χ0) is 12.3. The number of carbonyl (C=O) groups excluding carboxylic acids is 1. The minimum Gasteiger partial charge on any atom is -0.294 e. The fraction of sp³-hybridized carbons (Fsp3) is 0.333. The molecule has 0 amide bonds. The average molecular weight is 227 g/mol. The summed E-state index contributed by atoms with van der Waals surface area (Å²) in [6.07, 6.45) is 5.09. The summed E-state index contributed by atoms with van der Waals surface area (Å²) in [4.78, 5) is 16.2. The lowest BCUT2D eigenvalue weighted by Gasteiger charge is -2.06. The minimum atomic E-state index is 0.220. The molecule has 88 valence electrons. The summed E-state index contributed by atoms with van der Waals surface area (Å²) in [7, 11) is 0. The topological polar surface area (TPSA) is 30.0 Å². The molecule has 0 bridgehead atoms. The molecule has 2 rings (SSSR count). The Morgan fingerprint density at radius 3 is 2.88 bits per heavy atom. The lowest BCUT2D eigenvalue weighted by Crippen LogP contribution is -2.02. The molecule has 2 aromatic rings. The molecule has 17 heavy (non-hydrogen) atoms. The van der Waals surface area contributed by atoms with Gasteiger partial charge in [0.05, 0.1) is 0 Å². The zero-order valence-electron chi connectivity index (χ0n) is 10.3. The van der Waals surface area contributed by atoms with Crippen LogP contribution in [0.15, 0.2) is 36.7 Å². The van der Waals surface area contributed by atoms with Crippen molar-refractivity contribution in [3.63, 3.8) is 0 Å². The third-order valence-electron chi connectivity index (χ3n) is 2.93. The smallest absolute Gasteiger partial charge is 0.163 e. The second-order valence-electron chi connectivity index (χ2n) is 4.76. The number of aromatic nitrogens is 1. The molecule has 0 saturated carbocycles. The predicted molar refractivity (Wildman–Crippen MR) is 70.1 cm³/mol. The maximum Gasteiger partial charge on any atom is 0.163 e. The summed E-state index contributed by atoms with van der Waals surface area (Å²) in [5.41, 5.74) is 0.802. The molecule has 0 unspecified atom stereocenters. The number of ketones is 1. The molecule has 0 fully saturated rings. The molecule has 0 aliphatic rings. The van der Waals surface area contributed by atoms with Gasteiger partial charge in [0, 0.05) is 29.8 Å². The molecule has 0 atom stereocenters. The van der Waals surface area contributed by atoms with Crippen molar-refractivity contribution in [3.8, 4) is 0 Å². The average Bonchev–Trinajstić information content (AvgIpc) is 2.35. The third-order valence-corrected chi connectivity index (χ3v) is 2.93. The number of hydrogen-bond acceptors (Lipinski definition) is 2. The van der Waals surface area contributed by atoms with Crippen molar-refractivity contribution in [2.24, 2.45) is 5.92 Å². The molecular weight excluding hydrogens is 210 g/mol. The summed E-state index contributed by atoms with van der Waals surface area (Å²) in [6.45, 7) is 4.27. The third kappa shape index (κ3) is 2.70. The van der Waals surface area contributed by atoms with Gasteiger partial charge in [0.25, 0.3) is 0 Å². The van der Waals surface area contributed by atoms with Crippen LogP contribution < -0.4 is 0 Å². The van der Waals surface area contributed by atoms with Gasteiger partial charge in [-0.2, -0.15) is 0 Å². The molecular formula is C15H17NO. The van der Waals surface area contributed by atoms with Crippen LogP contribution in [-0.2, 0) is 0 Å². The maximum atomic E-state index is 12.1. The zero-order valence-corrected chi connectivity index (χ0v) is 10.3. The number of hydrogen-bond donors (Lipinski definition) is 0. The van der Waals surface area contributed by atoms with E-state index in [2.05, 4.69) is 18.8 Å². The van der Waals surface area contributed by atoms with Crippen LogP contribution in [0, 0.1) is 5.92 Å². The van der Waals surface area contributed by atoms with Crippen LogP contribution >= 0.6 is 0 Å². The van der Waals surface area contributed by atoms with E-state index in [1.807, 2.05) is 24.3 Å². The lowest BCUT2D eigenvalue weighted by atomic mass is 9.98. The Labute approximate surface area is 102 Å².